The fourth-order valence-electron chi connectivity index (χ4n) is 1.89. The Morgan fingerprint density at radius 3 is 2.83 bits per heavy atom. The molecule has 2 aromatic carbocycles. The fourth-order valence-corrected chi connectivity index (χ4v) is 1.89. The molecular formula is C14H14N2O2. The van der Waals surface area contributed by atoms with Gasteiger partial charge in [0.1, 0.15) is 0 Å². The molecule has 1 aliphatic heterocycles. The maximum Gasteiger partial charge on any atom is 0.319 e. The molecule has 0 aromatic heterocycles. The lowest BCUT2D eigenvalue weighted by atomic mass is 10.1. The summed E-state index contributed by atoms with van der Waals surface area (Å²) in [6.07, 6.45) is 0.197. The fraction of sp³-hybridized carbons (Fsp3) is 0.214. The Balaban J connectivity index is 1.74. The van der Waals surface area contributed by atoms with E-state index < -0.39 is 0 Å². The molecule has 0 bridgehead atoms. The Labute approximate surface area is 105 Å². The zero-order valence-electron chi connectivity index (χ0n) is 9.85. The van der Waals surface area contributed by atoms with Gasteiger partial charge in [0, 0.05) is 11.9 Å². The van der Waals surface area contributed by atoms with Crippen molar-refractivity contribution < 1.29 is 9.53 Å². The van der Waals surface area contributed by atoms with E-state index in [0.717, 1.165) is 23.1 Å². The highest BCUT2D eigenvalue weighted by molar-refractivity contribution is 6.01. The summed E-state index contributed by atoms with van der Waals surface area (Å²) in [5, 5.41) is 7.80. The molecule has 1 heterocycles. The molecule has 18 heavy (non-hydrogen) atoms. The number of hydrogen-bond acceptors (Lipinski definition) is 2. The minimum absolute atomic E-state index is 0.193. The number of anilines is 1. The molecule has 1 aliphatic rings. The van der Waals surface area contributed by atoms with Gasteiger partial charge < -0.3 is 15.4 Å². The van der Waals surface area contributed by atoms with E-state index >= 15 is 0 Å². The smallest absolute Gasteiger partial charge is 0.319 e. The zero-order chi connectivity index (χ0) is 12.4. The molecule has 0 aliphatic carbocycles. The van der Waals surface area contributed by atoms with Crippen LogP contribution in [0.4, 0.5) is 10.5 Å². The number of ether oxygens (including phenoxy) is 1. The third-order valence-corrected chi connectivity index (χ3v) is 2.93. The van der Waals surface area contributed by atoms with Gasteiger partial charge in [0.05, 0.1) is 18.4 Å². The number of nitrogens with one attached hydrogen (secondary N) is 2. The molecule has 0 radical (unpaired) electrons. The number of rotatable bonds is 3. The molecule has 2 aromatic rings. The van der Waals surface area contributed by atoms with Crippen molar-refractivity contribution in [1.82, 2.24) is 5.32 Å². The highest BCUT2D eigenvalue weighted by Gasteiger charge is 2.22. The summed E-state index contributed by atoms with van der Waals surface area (Å²) < 4.78 is 5.04. The molecule has 1 saturated heterocycles. The normalized spacial score (nSPS) is 17.4. The number of benzene rings is 2. The Hall–Kier alpha value is -2.07. The van der Waals surface area contributed by atoms with E-state index in [1.54, 1.807) is 0 Å². The SMILES string of the molecule is O=C(NC[C@@H]1CO1)Nc1cccc2ccccc12. The summed E-state index contributed by atoms with van der Waals surface area (Å²) in [6, 6.07) is 13.6. The van der Waals surface area contributed by atoms with Crippen LogP contribution < -0.4 is 10.6 Å². The first-order valence-corrected chi connectivity index (χ1v) is 5.97. The van der Waals surface area contributed by atoms with Crippen molar-refractivity contribution >= 4 is 22.5 Å². The van der Waals surface area contributed by atoms with Crippen LogP contribution in [0, 0.1) is 0 Å². The van der Waals surface area contributed by atoms with Gasteiger partial charge in [0.25, 0.3) is 0 Å². The Morgan fingerprint density at radius 1 is 1.22 bits per heavy atom. The number of carbonyl (C=O) groups excluding carboxylic acids is 1. The molecular weight excluding hydrogens is 228 g/mol. The highest BCUT2D eigenvalue weighted by atomic mass is 16.6. The second kappa shape index (κ2) is 4.66. The van der Waals surface area contributed by atoms with Gasteiger partial charge in [-0.2, -0.15) is 0 Å². The average Bonchev–Trinajstić information content (AvgIpc) is 3.21. The molecule has 2 N–H and O–H groups in total. The number of epoxide rings is 1. The maximum absolute atomic E-state index is 11.7. The van der Waals surface area contributed by atoms with Crippen molar-refractivity contribution in [3.05, 3.63) is 42.5 Å². The summed E-state index contributed by atoms with van der Waals surface area (Å²) in [4.78, 5) is 11.7. The van der Waals surface area contributed by atoms with Crippen LogP contribution in [0.1, 0.15) is 0 Å². The monoisotopic (exact) mass is 242 g/mol. The standard InChI is InChI=1S/C14H14N2O2/c17-14(15-8-11-9-18-11)16-13-7-3-5-10-4-1-2-6-12(10)13/h1-7,11H,8-9H2,(H2,15,16,17)/t11-/m1/s1. The summed E-state index contributed by atoms with van der Waals surface area (Å²) >= 11 is 0. The second-order valence-electron chi connectivity index (χ2n) is 4.32. The molecule has 0 spiro atoms. The first kappa shape index (κ1) is 11.0. The van der Waals surface area contributed by atoms with Crippen LogP contribution >= 0.6 is 0 Å². The lowest BCUT2D eigenvalue weighted by Gasteiger charge is -2.09. The van der Waals surface area contributed by atoms with Gasteiger partial charge in [0.2, 0.25) is 0 Å². The number of fused-ring (bicyclic) bond motifs is 1. The van der Waals surface area contributed by atoms with Crippen LogP contribution in [-0.2, 0) is 4.74 Å². The molecule has 92 valence electrons. The minimum atomic E-state index is -0.193. The third-order valence-electron chi connectivity index (χ3n) is 2.93. The topological polar surface area (TPSA) is 53.7 Å². The number of amides is 2. The summed E-state index contributed by atoms with van der Waals surface area (Å²) in [7, 11) is 0. The van der Waals surface area contributed by atoms with Crippen LogP contribution in [0.2, 0.25) is 0 Å². The van der Waals surface area contributed by atoms with Crippen molar-refractivity contribution in [2.24, 2.45) is 0 Å². The summed E-state index contributed by atoms with van der Waals surface area (Å²) in [5.41, 5.74) is 0.822. The quantitative estimate of drug-likeness (QED) is 0.812. The largest absolute Gasteiger partial charge is 0.371 e. The molecule has 4 heteroatoms. The molecule has 1 atom stereocenters. The predicted molar refractivity (Wildman–Crippen MR) is 70.7 cm³/mol. The van der Waals surface area contributed by atoms with Gasteiger partial charge in [-0.3, -0.25) is 0 Å². The van der Waals surface area contributed by atoms with E-state index in [4.69, 9.17) is 4.74 Å². The molecule has 3 rings (SSSR count). The first-order valence-electron chi connectivity index (χ1n) is 5.97. The maximum atomic E-state index is 11.7. The van der Waals surface area contributed by atoms with Crippen LogP contribution in [0.5, 0.6) is 0 Å². The third kappa shape index (κ3) is 2.43. The molecule has 1 fully saturated rings. The van der Waals surface area contributed by atoms with Crippen LogP contribution in [0.3, 0.4) is 0 Å². The number of carbonyl (C=O) groups is 1. The van der Waals surface area contributed by atoms with Crippen molar-refractivity contribution in [1.29, 1.82) is 0 Å². The Kier molecular flexibility index (Phi) is 2.86. The van der Waals surface area contributed by atoms with Crippen molar-refractivity contribution in [2.75, 3.05) is 18.5 Å². The lowest BCUT2D eigenvalue weighted by Crippen LogP contribution is -2.31. The molecule has 4 nitrogen and oxygen atoms in total. The summed E-state index contributed by atoms with van der Waals surface area (Å²) in [5.74, 6) is 0. The van der Waals surface area contributed by atoms with Gasteiger partial charge in [-0.15, -0.1) is 0 Å². The van der Waals surface area contributed by atoms with Crippen molar-refractivity contribution in [2.45, 2.75) is 6.10 Å². The minimum Gasteiger partial charge on any atom is -0.371 e. The predicted octanol–water partition coefficient (Wildman–Crippen LogP) is 2.36. The van der Waals surface area contributed by atoms with Crippen LogP contribution in [-0.4, -0.2) is 25.3 Å². The lowest BCUT2D eigenvalue weighted by molar-refractivity contribution is 0.250. The highest BCUT2D eigenvalue weighted by Crippen LogP contribution is 2.22. The second-order valence-corrected chi connectivity index (χ2v) is 4.32. The van der Waals surface area contributed by atoms with Crippen LogP contribution in [0.15, 0.2) is 42.5 Å². The van der Waals surface area contributed by atoms with E-state index in [-0.39, 0.29) is 12.1 Å². The van der Waals surface area contributed by atoms with Gasteiger partial charge in [0.15, 0.2) is 0 Å². The molecule has 0 saturated carbocycles. The Morgan fingerprint density at radius 2 is 2.00 bits per heavy atom. The van der Waals surface area contributed by atoms with Gasteiger partial charge in [-0.25, -0.2) is 4.79 Å². The van der Waals surface area contributed by atoms with E-state index in [9.17, 15) is 4.79 Å². The first-order chi connectivity index (χ1) is 8.83. The number of urea groups is 1. The summed E-state index contributed by atoms with van der Waals surface area (Å²) in [6.45, 7) is 1.31. The molecule has 0 unspecified atom stereocenters. The zero-order valence-corrected chi connectivity index (χ0v) is 9.85. The number of hydrogen-bond donors (Lipinski definition) is 2. The van der Waals surface area contributed by atoms with E-state index in [2.05, 4.69) is 10.6 Å². The van der Waals surface area contributed by atoms with Crippen LogP contribution in [0.25, 0.3) is 10.8 Å². The van der Waals surface area contributed by atoms with Crippen molar-refractivity contribution in [3.8, 4) is 0 Å². The van der Waals surface area contributed by atoms with Crippen molar-refractivity contribution in [3.63, 3.8) is 0 Å². The van der Waals surface area contributed by atoms with E-state index in [1.807, 2.05) is 42.5 Å². The molecule has 2 amide bonds. The Bertz CT molecular complexity index is 574. The van der Waals surface area contributed by atoms with E-state index in [1.165, 1.54) is 0 Å². The van der Waals surface area contributed by atoms with Gasteiger partial charge >= 0.3 is 6.03 Å². The van der Waals surface area contributed by atoms with E-state index in [0.29, 0.717) is 6.54 Å². The van der Waals surface area contributed by atoms with Gasteiger partial charge in [-0.05, 0) is 11.5 Å². The average molecular weight is 242 g/mol. The van der Waals surface area contributed by atoms with Gasteiger partial charge in [-0.1, -0.05) is 36.4 Å².